The zero-order valence-corrected chi connectivity index (χ0v) is 21.9. The molecule has 4 aromatic carbocycles. The van der Waals surface area contributed by atoms with E-state index in [0.717, 1.165) is 50.3 Å². The maximum atomic E-state index is 14.1. The van der Waals surface area contributed by atoms with Gasteiger partial charge in [-0.2, -0.15) is 0 Å². The monoisotopic (exact) mass is 526 g/mol. The molecule has 0 spiro atoms. The highest BCUT2D eigenvalue weighted by Crippen LogP contribution is 2.29. The molecule has 6 heteroatoms. The minimum atomic E-state index is -0.231. The number of nitrogens with one attached hydrogen (secondary N) is 1. The summed E-state index contributed by atoms with van der Waals surface area (Å²) >= 11 is 0. The first-order valence-corrected chi connectivity index (χ1v) is 12.1. The van der Waals surface area contributed by atoms with E-state index in [9.17, 15) is 4.39 Å². The Morgan fingerprint density at radius 1 is 0.806 bits per heavy atom. The van der Waals surface area contributed by atoms with Crippen LogP contribution in [0.25, 0.3) is 10.8 Å². The van der Waals surface area contributed by atoms with Crippen molar-refractivity contribution in [2.24, 2.45) is 0 Å². The van der Waals surface area contributed by atoms with Crippen LogP contribution in [0.15, 0.2) is 91.0 Å². The molecule has 190 valence electrons. The Hall–Kier alpha value is -2.63. The van der Waals surface area contributed by atoms with Crippen LogP contribution in [0, 0.1) is 5.82 Å². The average molecular weight is 528 g/mol. The summed E-state index contributed by atoms with van der Waals surface area (Å²) in [6.45, 7) is 4.16. The Morgan fingerprint density at radius 3 is 2.28 bits per heavy atom. The van der Waals surface area contributed by atoms with E-state index in [4.69, 9.17) is 4.74 Å². The fourth-order valence-corrected chi connectivity index (χ4v) is 4.79. The Kier molecular flexibility index (Phi) is 10.6. The van der Waals surface area contributed by atoms with Crippen LogP contribution >= 0.6 is 24.8 Å². The molecular weight excluding hydrogens is 494 g/mol. The summed E-state index contributed by atoms with van der Waals surface area (Å²) in [7, 11) is 0. The lowest BCUT2D eigenvalue weighted by Crippen LogP contribution is -2.41. The first-order valence-electron chi connectivity index (χ1n) is 12.1. The second-order valence-electron chi connectivity index (χ2n) is 9.06. The van der Waals surface area contributed by atoms with Crippen molar-refractivity contribution >= 4 is 35.6 Å². The first kappa shape index (κ1) is 27.9. The van der Waals surface area contributed by atoms with Crippen molar-refractivity contribution in [1.29, 1.82) is 0 Å². The van der Waals surface area contributed by atoms with Gasteiger partial charge in [-0.05, 0) is 54.4 Å². The van der Waals surface area contributed by atoms with E-state index in [1.807, 2.05) is 12.1 Å². The largest absolute Gasteiger partial charge is 0.488 e. The van der Waals surface area contributed by atoms with E-state index in [1.165, 1.54) is 22.4 Å². The molecule has 1 saturated heterocycles. The van der Waals surface area contributed by atoms with Crippen LogP contribution in [0.5, 0.6) is 5.75 Å². The molecule has 0 aliphatic carbocycles. The predicted octanol–water partition coefficient (Wildman–Crippen LogP) is 7.16. The van der Waals surface area contributed by atoms with Gasteiger partial charge in [0, 0.05) is 30.3 Å². The SMILES string of the molecule is Cl.Cl.Fc1ccccc1COc1ccc2ccccc2c1CNC1CCN(Cc2ccccc2)CC1. The number of halogens is 3. The Balaban J connectivity index is 0.00000180. The number of piperidine rings is 1. The van der Waals surface area contributed by atoms with Crippen LogP contribution in [-0.4, -0.2) is 24.0 Å². The molecule has 1 fully saturated rings. The number of likely N-dealkylation sites (tertiary alicyclic amines) is 1. The summed E-state index contributed by atoms with van der Waals surface area (Å²) in [6, 6.07) is 30.5. The summed E-state index contributed by atoms with van der Waals surface area (Å²) < 4.78 is 20.3. The van der Waals surface area contributed by atoms with Crippen LogP contribution in [0.4, 0.5) is 4.39 Å². The van der Waals surface area contributed by atoms with Crippen LogP contribution < -0.4 is 10.1 Å². The fourth-order valence-electron chi connectivity index (χ4n) is 4.79. The van der Waals surface area contributed by atoms with Gasteiger partial charge in [-0.3, -0.25) is 4.90 Å². The molecule has 1 heterocycles. The minimum Gasteiger partial charge on any atom is -0.488 e. The molecule has 36 heavy (non-hydrogen) atoms. The van der Waals surface area contributed by atoms with Crippen LogP contribution in [0.2, 0.25) is 0 Å². The molecule has 0 bridgehead atoms. The maximum absolute atomic E-state index is 14.1. The number of fused-ring (bicyclic) bond motifs is 1. The van der Waals surface area contributed by atoms with E-state index in [2.05, 4.69) is 70.9 Å². The summed E-state index contributed by atoms with van der Waals surface area (Å²) in [5, 5.41) is 6.16. The predicted molar refractivity (Wildman–Crippen MR) is 151 cm³/mol. The van der Waals surface area contributed by atoms with Crippen molar-refractivity contribution in [2.45, 2.75) is 38.6 Å². The van der Waals surface area contributed by atoms with Crippen molar-refractivity contribution < 1.29 is 9.13 Å². The smallest absolute Gasteiger partial charge is 0.129 e. The van der Waals surface area contributed by atoms with Gasteiger partial charge in [0.25, 0.3) is 0 Å². The van der Waals surface area contributed by atoms with Gasteiger partial charge in [0.05, 0.1) is 0 Å². The standard InChI is InChI=1S/C30H31FN2O.2ClH/c31-29-13-7-5-11-25(29)22-34-30-15-14-24-10-4-6-12-27(24)28(30)20-32-26-16-18-33(19-17-26)21-23-8-2-1-3-9-23;;/h1-15,26,32H,16-22H2;2*1H. The number of ether oxygens (including phenoxy) is 1. The molecular formula is C30H33Cl2FN2O. The van der Waals surface area contributed by atoms with E-state index in [1.54, 1.807) is 12.1 Å². The molecule has 3 nitrogen and oxygen atoms in total. The van der Waals surface area contributed by atoms with Crippen molar-refractivity contribution in [3.8, 4) is 5.75 Å². The van der Waals surface area contributed by atoms with Gasteiger partial charge in [0.2, 0.25) is 0 Å². The third-order valence-electron chi connectivity index (χ3n) is 6.74. The second kappa shape index (κ2) is 13.6. The topological polar surface area (TPSA) is 24.5 Å². The Bertz CT molecular complexity index is 1230. The van der Waals surface area contributed by atoms with Crippen molar-refractivity contribution in [2.75, 3.05) is 13.1 Å². The van der Waals surface area contributed by atoms with Crippen molar-refractivity contribution in [3.05, 3.63) is 114 Å². The molecule has 0 atom stereocenters. The highest BCUT2D eigenvalue weighted by atomic mass is 35.5. The van der Waals surface area contributed by atoms with E-state index in [-0.39, 0.29) is 37.2 Å². The van der Waals surface area contributed by atoms with Crippen LogP contribution in [0.1, 0.15) is 29.5 Å². The highest BCUT2D eigenvalue weighted by Gasteiger charge is 2.20. The molecule has 5 rings (SSSR count). The lowest BCUT2D eigenvalue weighted by molar-refractivity contribution is 0.190. The molecule has 0 radical (unpaired) electrons. The molecule has 0 aromatic heterocycles. The van der Waals surface area contributed by atoms with Gasteiger partial charge >= 0.3 is 0 Å². The molecule has 0 unspecified atom stereocenters. The molecule has 0 amide bonds. The average Bonchev–Trinajstić information content (AvgIpc) is 2.88. The lowest BCUT2D eigenvalue weighted by Gasteiger charge is -2.32. The van der Waals surface area contributed by atoms with Gasteiger partial charge in [-0.15, -0.1) is 24.8 Å². The van der Waals surface area contributed by atoms with Crippen molar-refractivity contribution in [3.63, 3.8) is 0 Å². The van der Waals surface area contributed by atoms with E-state index < -0.39 is 0 Å². The number of hydrogen-bond donors (Lipinski definition) is 1. The molecule has 1 aliphatic heterocycles. The van der Waals surface area contributed by atoms with E-state index in [0.29, 0.717) is 11.6 Å². The Morgan fingerprint density at radius 2 is 1.50 bits per heavy atom. The van der Waals surface area contributed by atoms with Crippen LogP contribution in [-0.2, 0) is 19.7 Å². The number of nitrogens with zero attached hydrogens (tertiary/aromatic N) is 1. The van der Waals surface area contributed by atoms with Gasteiger partial charge in [0.1, 0.15) is 18.2 Å². The number of hydrogen-bond acceptors (Lipinski definition) is 3. The Labute approximate surface area is 225 Å². The number of benzene rings is 4. The first-order chi connectivity index (χ1) is 16.8. The zero-order valence-electron chi connectivity index (χ0n) is 20.2. The molecule has 4 aromatic rings. The summed E-state index contributed by atoms with van der Waals surface area (Å²) in [6.07, 6.45) is 2.26. The molecule has 1 N–H and O–H groups in total. The quantitative estimate of drug-likeness (QED) is 0.263. The third kappa shape index (κ3) is 6.98. The fraction of sp³-hybridized carbons (Fsp3) is 0.267. The van der Waals surface area contributed by atoms with Gasteiger partial charge in [-0.1, -0.05) is 78.9 Å². The summed E-state index contributed by atoms with van der Waals surface area (Å²) in [5.41, 5.74) is 3.09. The van der Waals surface area contributed by atoms with Crippen molar-refractivity contribution in [1.82, 2.24) is 10.2 Å². The second-order valence-corrected chi connectivity index (χ2v) is 9.06. The third-order valence-corrected chi connectivity index (χ3v) is 6.74. The minimum absolute atomic E-state index is 0. The molecule has 1 aliphatic rings. The highest BCUT2D eigenvalue weighted by molar-refractivity contribution is 5.87. The summed E-state index contributed by atoms with van der Waals surface area (Å²) in [4.78, 5) is 2.54. The normalized spacial score (nSPS) is 14.1. The van der Waals surface area contributed by atoms with Gasteiger partial charge in [0.15, 0.2) is 0 Å². The van der Waals surface area contributed by atoms with Gasteiger partial charge in [-0.25, -0.2) is 4.39 Å². The van der Waals surface area contributed by atoms with Gasteiger partial charge < -0.3 is 10.1 Å². The summed E-state index contributed by atoms with van der Waals surface area (Å²) in [5.74, 6) is 0.584. The molecule has 0 saturated carbocycles. The zero-order chi connectivity index (χ0) is 23.2. The lowest BCUT2D eigenvalue weighted by atomic mass is 10.0. The maximum Gasteiger partial charge on any atom is 0.129 e. The van der Waals surface area contributed by atoms with Crippen LogP contribution in [0.3, 0.4) is 0 Å². The van der Waals surface area contributed by atoms with E-state index >= 15 is 0 Å². The number of rotatable bonds is 8.